The van der Waals surface area contributed by atoms with Crippen LogP contribution in [0.1, 0.15) is 24.2 Å². The van der Waals surface area contributed by atoms with E-state index >= 15 is 0 Å². The summed E-state index contributed by atoms with van der Waals surface area (Å²) >= 11 is 7.43. The van der Waals surface area contributed by atoms with Crippen molar-refractivity contribution in [3.05, 3.63) is 45.9 Å². The first-order valence-corrected chi connectivity index (χ1v) is 7.76. The number of aromatic nitrogens is 1. The average Bonchev–Trinajstić information content (AvgIpc) is 2.94. The third-order valence-corrected chi connectivity index (χ3v) is 4.56. The molecule has 0 amide bonds. The molecule has 4 nitrogen and oxygen atoms in total. The van der Waals surface area contributed by atoms with Gasteiger partial charge in [0.05, 0.1) is 25.3 Å². The van der Waals surface area contributed by atoms with Gasteiger partial charge in [-0.1, -0.05) is 23.7 Å². The number of thiazole rings is 1. The third kappa shape index (κ3) is 3.95. The van der Waals surface area contributed by atoms with Gasteiger partial charge in [0.2, 0.25) is 0 Å². The highest BCUT2D eigenvalue weighted by Crippen LogP contribution is 2.28. The topological polar surface area (TPSA) is 42.4 Å². The standard InChI is InChI=1S/C15H17ClN2O2S/c1-10(11-4-6-12(16)7-5-11)18(2)15-17-13(9-21-15)8-14(19)20-3/h4-7,9-10H,8H2,1-3H3. The van der Waals surface area contributed by atoms with E-state index in [1.54, 1.807) is 0 Å². The van der Waals surface area contributed by atoms with Crippen molar-refractivity contribution < 1.29 is 9.53 Å². The molecule has 1 aromatic heterocycles. The molecular weight excluding hydrogens is 308 g/mol. The number of carbonyl (C=O) groups is 1. The number of rotatable bonds is 5. The number of methoxy groups -OCH3 is 1. The molecule has 0 aliphatic heterocycles. The number of carbonyl (C=O) groups excluding carboxylic acids is 1. The Kier molecular flexibility index (Phi) is 5.20. The van der Waals surface area contributed by atoms with Crippen LogP contribution in [0.2, 0.25) is 5.02 Å². The summed E-state index contributed by atoms with van der Waals surface area (Å²) < 4.78 is 4.65. The highest BCUT2D eigenvalue weighted by molar-refractivity contribution is 7.13. The van der Waals surface area contributed by atoms with Gasteiger partial charge in [0.25, 0.3) is 0 Å². The summed E-state index contributed by atoms with van der Waals surface area (Å²) in [6.45, 7) is 2.10. The normalized spacial score (nSPS) is 12.0. The fraction of sp³-hybridized carbons (Fsp3) is 0.333. The molecule has 0 radical (unpaired) electrons. The third-order valence-electron chi connectivity index (χ3n) is 3.33. The Morgan fingerprint density at radius 3 is 2.71 bits per heavy atom. The summed E-state index contributed by atoms with van der Waals surface area (Å²) in [5.74, 6) is -0.278. The van der Waals surface area contributed by atoms with E-state index in [1.807, 2.05) is 36.7 Å². The Hall–Kier alpha value is -1.59. The maximum absolute atomic E-state index is 11.3. The van der Waals surface area contributed by atoms with Gasteiger partial charge in [-0.3, -0.25) is 4.79 Å². The van der Waals surface area contributed by atoms with Crippen molar-refractivity contribution >= 4 is 34.0 Å². The fourth-order valence-electron chi connectivity index (χ4n) is 1.89. The van der Waals surface area contributed by atoms with Crippen molar-refractivity contribution in [2.75, 3.05) is 19.1 Å². The number of halogens is 1. The highest BCUT2D eigenvalue weighted by atomic mass is 35.5. The Bertz CT molecular complexity index is 612. The first kappa shape index (κ1) is 15.8. The van der Waals surface area contributed by atoms with Crippen molar-refractivity contribution in [2.24, 2.45) is 0 Å². The number of hydrogen-bond acceptors (Lipinski definition) is 5. The van der Waals surface area contributed by atoms with E-state index in [0.717, 1.165) is 21.4 Å². The van der Waals surface area contributed by atoms with Crippen LogP contribution in [0.5, 0.6) is 0 Å². The van der Waals surface area contributed by atoms with Gasteiger partial charge in [-0.25, -0.2) is 4.98 Å². The molecule has 0 aliphatic rings. The summed E-state index contributed by atoms with van der Waals surface area (Å²) in [5, 5.41) is 3.48. The molecule has 0 spiro atoms. The second-order valence-electron chi connectivity index (χ2n) is 4.71. The monoisotopic (exact) mass is 324 g/mol. The minimum atomic E-state index is -0.278. The van der Waals surface area contributed by atoms with E-state index in [2.05, 4.69) is 21.5 Å². The van der Waals surface area contributed by atoms with Crippen LogP contribution in [-0.4, -0.2) is 25.1 Å². The zero-order valence-electron chi connectivity index (χ0n) is 12.2. The van der Waals surface area contributed by atoms with E-state index in [-0.39, 0.29) is 18.4 Å². The van der Waals surface area contributed by atoms with Crippen molar-refractivity contribution in [1.29, 1.82) is 0 Å². The largest absolute Gasteiger partial charge is 0.469 e. The van der Waals surface area contributed by atoms with Crippen molar-refractivity contribution in [3.63, 3.8) is 0 Å². The summed E-state index contributed by atoms with van der Waals surface area (Å²) in [6, 6.07) is 7.94. The van der Waals surface area contributed by atoms with E-state index in [1.165, 1.54) is 18.4 Å². The first-order chi connectivity index (χ1) is 10.0. The molecule has 6 heteroatoms. The summed E-state index contributed by atoms with van der Waals surface area (Å²) in [4.78, 5) is 17.8. The average molecular weight is 325 g/mol. The lowest BCUT2D eigenvalue weighted by Gasteiger charge is -2.24. The molecule has 0 bridgehead atoms. The molecule has 1 atom stereocenters. The van der Waals surface area contributed by atoms with E-state index in [0.29, 0.717) is 0 Å². The molecule has 21 heavy (non-hydrogen) atoms. The minimum Gasteiger partial charge on any atom is -0.469 e. The Balaban J connectivity index is 2.10. The van der Waals surface area contributed by atoms with Crippen LogP contribution in [-0.2, 0) is 16.0 Å². The summed E-state index contributed by atoms with van der Waals surface area (Å²) in [7, 11) is 3.37. The quantitative estimate of drug-likeness (QED) is 0.786. The number of ether oxygens (including phenoxy) is 1. The first-order valence-electron chi connectivity index (χ1n) is 6.50. The Morgan fingerprint density at radius 1 is 1.43 bits per heavy atom. The molecule has 1 aromatic carbocycles. The SMILES string of the molecule is COC(=O)Cc1csc(N(C)C(C)c2ccc(Cl)cc2)n1. The van der Waals surface area contributed by atoms with Crippen LogP contribution in [0.15, 0.2) is 29.6 Å². The molecule has 0 N–H and O–H groups in total. The number of hydrogen-bond donors (Lipinski definition) is 0. The molecular formula is C15H17ClN2O2S. The van der Waals surface area contributed by atoms with Gasteiger partial charge in [-0.2, -0.15) is 0 Å². The minimum absolute atomic E-state index is 0.166. The van der Waals surface area contributed by atoms with Gasteiger partial charge in [-0.05, 0) is 24.6 Å². The maximum atomic E-state index is 11.3. The lowest BCUT2D eigenvalue weighted by molar-refractivity contribution is -0.139. The second-order valence-corrected chi connectivity index (χ2v) is 5.99. The molecule has 0 fully saturated rings. The van der Waals surface area contributed by atoms with Crippen molar-refractivity contribution in [2.45, 2.75) is 19.4 Å². The predicted octanol–water partition coefficient (Wildman–Crippen LogP) is 3.71. The molecule has 1 unspecified atom stereocenters. The lowest BCUT2D eigenvalue weighted by Crippen LogP contribution is -2.21. The van der Waals surface area contributed by atoms with Crippen LogP contribution in [0, 0.1) is 0 Å². The van der Waals surface area contributed by atoms with Crippen LogP contribution < -0.4 is 4.90 Å². The molecule has 2 aromatic rings. The van der Waals surface area contributed by atoms with Gasteiger partial charge in [0.15, 0.2) is 5.13 Å². The van der Waals surface area contributed by atoms with Crippen molar-refractivity contribution in [3.8, 4) is 0 Å². The van der Waals surface area contributed by atoms with Gasteiger partial charge in [0.1, 0.15) is 0 Å². The summed E-state index contributed by atoms with van der Waals surface area (Å²) in [6.07, 6.45) is 0.205. The molecule has 0 aliphatic carbocycles. The maximum Gasteiger partial charge on any atom is 0.311 e. The van der Waals surface area contributed by atoms with Crippen molar-refractivity contribution in [1.82, 2.24) is 4.98 Å². The van der Waals surface area contributed by atoms with Crippen LogP contribution in [0.3, 0.4) is 0 Å². The molecule has 1 heterocycles. The van der Waals surface area contributed by atoms with E-state index in [9.17, 15) is 4.79 Å². The number of esters is 1. The predicted molar refractivity (Wildman–Crippen MR) is 86.1 cm³/mol. The van der Waals surface area contributed by atoms with Crippen LogP contribution in [0.25, 0.3) is 0 Å². The van der Waals surface area contributed by atoms with Crippen LogP contribution in [0.4, 0.5) is 5.13 Å². The van der Waals surface area contributed by atoms with Gasteiger partial charge in [0, 0.05) is 17.5 Å². The summed E-state index contributed by atoms with van der Waals surface area (Å²) in [5.41, 5.74) is 1.89. The second kappa shape index (κ2) is 6.91. The van der Waals surface area contributed by atoms with E-state index in [4.69, 9.17) is 11.6 Å². The Morgan fingerprint density at radius 2 is 2.10 bits per heavy atom. The molecule has 2 rings (SSSR count). The zero-order chi connectivity index (χ0) is 15.4. The lowest BCUT2D eigenvalue weighted by atomic mass is 10.1. The fourth-order valence-corrected chi connectivity index (χ4v) is 2.89. The number of nitrogens with zero attached hydrogens (tertiary/aromatic N) is 2. The molecule has 0 saturated heterocycles. The van der Waals surface area contributed by atoms with Gasteiger partial charge < -0.3 is 9.64 Å². The number of anilines is 1. The van der Waals surface area contributed by atoms with Gasteiger partial charge >= 0.3 is 5.97 Å². The zero-order valence-corrected chi connectivity index (χ0v) is 13.7. The van der Waals surface area contributed by atoms with E-state index < -0.39 is 0 Å². The molecule has 112 valence electrons. The molecule has 0 saturated carbocycles. The van der Waals surface area contributed by atoms with Crippen LogP contribution >= 0.6 is 22.9 Å². The van der Waals surface area contributed by atoms with Gasteiger partial charge in [-0.15, -0.1) is 11.3 Å². The highest BCUT2D eigenvalue weighted by Gasteiger charge is 2.16. The smallest absolute Gasteiger partial charge is 0.311 e. The Labute approximate surface area is 133 Å². The number of benzene rings is 1.